The van der Waals surface area contributed by atoms with Crippen LogP contribution in [0.25, 0.3) is 0 Å². The summed E-state index contributed by atoms with van der Waals surface area (Å²) in [4.78, 5) is 0. The molecule has 0 spiro atoms. The average molecular weight is 320 g/mol. The molecule has 0 radical (unpaired) electrons. The molecule has 2 nitrogen and oxygen atoms in total. The van der Waals surface area contributed by atoms with Gasteiger partial charge in [-0.05, 0) is 58.2 Å². The molecule has 2 aromatic rings. The Morgan fingerprint density at radius 1 is 1.26 bits per heavy atom. The average Bonchev–Trinajstić information content (AvgIpc) is 2.40. The molecule has 0 atom stereocenters. The van der Waals surface area contributed by atoms with Crippen LogP contribution in [0.5, 0.6) is 5.75 Å². The molecule has 0 unspecified atom stereocenters. The molecule has 2 rings (SSSR count). The first-order chi connectivity index (χ1) is 9.10. The third-order valence-corrected chi connectivity index (χ3v) is 3.40. The second kappa shape index (κ2) is 5.85. The lowest BCUT2D eigenvalue weighted by molar-refractivity contribution is 0.302. The molecular weight excluding hydrogens is 309 g/mol. The Bertz CT molecular complexity index is 649. The zero-order valence-corrected chi connectivity index (χ0v) is 11.9. The van der Waals surface area contributed by atoms with Crippen LogP contribution in [-0.4, -0.2) is 0 Å². The fourth-order valence-electron chi connectivity index (χ4n) is 1.67. The predicted octanol–water partition coefficient (Wildman–Crippen LogP) is 4.35. The van der Waals surface area contributed by atoms with Crippen LogP contribution in [-0.2, 0) is 6.61 Å². The van der Waals surface area contributed by atoms with Crippen molar-refractivity contribution in [1.82, 2.24) is 0 Å². The molecule has 0 bridgehead atoms. The first-order valence-electron chi connectivity index (χ1n) is 5.67. The van der Waals surface area contributed by atoms with Gasteiger partial charge in [-0.15, -0.1) is 0 Å². The number of benzene rings is 2. The minimum absolute atomic E-state index is 0.333. The molecule has 0 N–H and O–H groups in total. The summed E-state index contributed by atoms with van der Waals surface area (Å²) in [6.07, 6.45) is 0. The molecule has 0 aliphatic rings. The summed E-state index contributed by atoms with van der Waals surface area (Å²) in [7, 11) is 0. The maximum Gasteiger partial charge on any atom is 0.136 e. The molecule has 2 aromatic carbocycles. The minimum atomic E-state index is -0.338. The van der Waals surface area contributed by atoms with Gasteiger partial charge in [-0.25, -0.2) is 4.39 Å². The van der Waals surface area contributed by atoms with E-state index in [1.807, 2.05) is 13.0 Å². The molecule has 0 saturated carbocycles. The second-order valence-electron chi connectivity index (χ2n) is 4.12. The van der Waals surface area contributed by atoms with Crippen molar-refractivity contribution in [3.8, 4) is 11.8 Å². The van der Waals surface area contributed by atoms with Crippen LogP contribution < -0.4 is 4.74 Å². The van der Waals surface area contributed by atoms with Crippen molar-refractivity contribution < 1.29 is 9.13 Å². The van der Waals surface area contributed by atoms with Crippen molar-refractivity contribution in [1.29, 1.82) is 5.26 Å². The van der Waals surface area contributed by atoms with Crippen LogP contribution in [0.4, 0.5) is 4.39 Å². The summed E-state index contributed by atoms with van der Waals surface area (Å²) in [5.74, 6) is 0.124. The maximum absolute atomic E-state index is 13.1. The van der Waals surface area contributed by atoms with Gasteiger partial charge >= 0.3 is 0 Å². The molecule has 0 saturated heterocycles. The Morgan fingerprint density at radius 2 is 2.05 bits per heavy atom. The van der Waals surface area contributed by atoms with E-state index < -0.39 is 0 Å². The van der Waals surface area contributed by atoms with E-state index in [0.717, 1.165) is 11.1 Å². The lowest BCUT2D eigenvalue weighted by Gasteiger charge is -2.10. The zero-order chi connectivity index (χ0) is 13.8. The van der Waals surface area contributed by atoms with Crippen molar-refractivity contribution in [2.75, 3.05) is 0 Å². The molecular formula is C15H11BrFNO. The molecule has 96 valence electrons. The first kappa shape index (κ1) is 13.6. The maximum atomic E-state index is 13.1. The highest BCUT2D eigenvalue weighted by Crippen LogP contribution is 2.26. The monoisotopic (exact) mass is 319 g/mol. The first-order valence-corrected chi connectivity index (χ1v) is 6.47. The lowest BCUT2D eigenvalue weighted by Crippen LogP contribution is -1.99. The molecule has 0 heterocycles. The van der Waals surface area contributed by atoms with Gasteiger partial charge in [0.1, 0.15) is 18.2 Å². The fourth-order valence-corrected chi connectivity index (χ4v) is 2.03. The van der Waals surface area contributed by atoms with E-state index in [2.05, 4.69) is 22.0 Å². The van der Waals surface area contributed by atoms with Crippen molar-refractivity contribution in [2.24, 2.45) is 0 Å². The molecule has 19 heavy (non-hydrogen) atoms. The Balaban J connectivity index is 2.15. The van der Waals surface area contributed by atoms with Gasteiger partial charge in [0.2, 0.25) is 0 Å². The van der Waals surface area contributed by atoms with Crippen molar-refractivity contribution in [3.63, 3.8) is 0 Å². The van der Waals surface area contributed by atoms with Crippen molar-refractivity contribution >= 4 is 15.9 Å². The molecule has 0 aromatic heterocycles. The van der Waals surface area contributed by atoms with Gasteiger partial charge in [0.15, 0.2) is 0 Å². The molecule has 0 aliphatic heterocycles. The molecule has 0 amide bonds. The second-order valence-corrected chi connectivity index (χ2v) is 4.97. The number of hydrogen-bond donors (Lipinski definition) is 0. The molecule has 0 fully saturated rings. The number of nitriles is 1. The SMILES string of the molecule is Cc1cc(C#N)ccc1COc1cc(F)ccc1Br. The van der Waals surface area contributed by atoms with Gasteiger partial charge in [-0.3, -0.25) is 0 Å². The van der Waals surface area contributed by atoms with Crippen LogP contribution in [0.15, 0.2) is 40.9 Å². The van der Waals surface area contributed by atoms with Crippen molar-refractivity contribution in [2.45, 2.75) is 13.5 Å². The highest BCUT2D eigenvalue weighted by atomic mass is 79.9. The summed E-state index contributed by atoms with van der Waals surface area (Å²) in [5, 5.41) is 8.80. The minimum Gasteiger partial charge on any atom is -0.488 e. The van der Waals surface area contributed by atoms with E-state index >= 15 is 0 Å². The van der Waals surface area contributed by atoms with Crippen LogP contribution in [0, 0.1) is 24.1 Å². The lowest BCUT2D eigenvalue weighted by atomic mass is 10.1. The molecule has 0 aliphatic carbocycles. The third kappa shape index (κ3) is 3.33. The summed E-state index contributed by atoms with van der Waals surface area (Å²) < 4.78 is 19.4. The highest BCUT2D eigenvalue weighted by molar-refractivity contribution is 9.10. The zero-order valence-electron chi connectivity index (χ0n) is 10.3. The van der Waals surface area contributed by atoms with E-state index in [0.29, 0.717) is 22.4 Å². The van der Waals surface area contributed by atoms with Gasteiger partial charge in [0, 0.05) is 6.07 Å². The smallest absolute Gasteiger partial charge is 0.136 e. The van der Waals surface area contributed by atoms with Crippen molar-refractivity contribution in [3.05, 3.63) is 63.4 Å². The number of aryl methyl sites for hydroxylation is 1. The Kier molecular flexibility index (Phi) is 4.18. The van der Waals surface area contributed by atoms with Gasteiger partial charge < -0.3 is 4.74 Å². The Hall–Kier alpha value is -1.86. The number of rotatable bonds is 3. The largest absolute Gasteiger partial charge is 0.488 e. The number of halogens is 2. The Labute approximate surface area is 119 Å². The standard InChI is InChI=1S/C15H11BrFNO/c1-10-6-11(8-18)2-3-12(10)9-19-15-7-13(17)4-5-14(15)16/h2-7H,9H2,1H3. The number of ether oxygens (including phenoxy) is 1. The quantitative estimate of drug-likeness (QED) is 0.842. The van der Waals surface area contributed by atoms with E-state index in [4.69, 9.17) is 10.00 Å². The number of nitrogens with zero attached hydrogens (tertiary/aromatic N) is 1. The van der Waals surface area contributed by atoms with Gasteiger partial charge in [-0.2, -0.15) is 5.26 Å². The van der Waals surface area contributed by atoms with Gasteiger partial charge in [0.25, 0.3) is 0 Å². The van der Waals surface area contributed by atoms with Crippen LogP contribution in [0.1, 0.15) is 16.7 Å². The predicted molar refractivity (Wildman–Crippen MR) is 74.3 cm³/mol. The molecule has 4 heteroatoms. The summed E-state index contributed by atoms with van der Waals surface area (Å²) in [5.41, 5.74) is 2.56. The third-order valence-electron chi connectivity index (χ3n) is 2.75. The van der Waals surface area contributed by atoms with Crippen LogP contribution >= 0.6 is 15.9 Å². The van der Waals surface area contributed by atoms with Gasteiger partial charge in [0.05, 0.1) is 16.1 Å². The topological polar surface area (TPSA) is 33.0 Å². The van der Waals surface area contributed by atoms with E-state index in [-0.39, 0.29) is 5.82 Å². The van der Waals surface area contributed by atoms with Gasteiger partial charge in [-0.1, -0.05) is 6.07 Å². The summed E-state index contributed by atoms with van der Waals surface area (Å²) in [6, 6.07) is 11.8. The normalized spacial score (nSPS) is 10.0. The highest BCUT2D eigenvalue weighted by Gasteiger charge is 2.05. The van der Waals surface area contributed by atoms with E-state index in [9.17, 15) is 4.39 Å². The summed E-state index contributed by atoms with van der Waals surface area (Å²) >= 11 is 3.31. The van der Waals surface area contributed by atoms with Crippen LogP contribution in [0.3, 0.4) is 0 Å². The van der Waals surface area contributed by atoms with E-state index in [1.165, 1.54) is 12.1 Å². The summed E-state index contributed by atoms with van der Waals surface area (Å²) in [6.45, 7) is 2.25. The number of hydrogen-bond acceptors (Lipinski definition) is 2. The Morgan fingerprint density at radius 3 is 2.74 bits per heavy atom. The van der Waals surface area contributed by atoms with Crippen LogP contribution in [0.2, 0.25) is 0 Å². The fraction of sp³-hybridized carbons (Fsp3) is 0.133. The van der Waals surface area contributed by atoms with E-state index in [1.54, 1.807) is 18.2 Å².